The Morgan fingerprint density at radius 2 is 2.27 bits per heavy atom. The summed E-state index contributed by atoms with van der Waals surface area (Å²) >= 11 is 5.02. The molecule has 1 aromatic heterocycles. The quantitative estimate of drug-likeness (QED) is 0.679. The van der Waals surface area contributed by atoms with Crippen molar-refractivity contribution in [1.82, 2.24) is 14.9 Å². The molecule has 7 heteroatoms. The van der Waals surface area contributed by atoms with Gasteiger partial charge in [-0.05, 0) is 42.8 Å². The largest absolute Gasteiger partial charge is 0.493 e. The molecule has 0 atom stereocenters. The van der Waals surface area contributed by atoms with Gasteiger partial charge < -0.3 is 4.74 Å². The van der Waals surface area contributed by atoms with Crippen LogP contribution in [-0.2, 0) is 0 Å². The Kier molecular flexibility index (Phi) is 5.21. The lowest BCUT2D eigenvalue weighted by Gasteiger charge is -2.08. The Balaban J connectivity index is 2.24. The maximum absolute atomic E-state index is 11.9. The molecule has 0 amide bonds. The van der Waals surface area contributed by atoms with Crippen molar-refractivity contribution in [1.29, 1.82) is 0 Å². The van der Waals surface area contributed by atoms with Crippen molar-refractivity contribution in [2.24, 2.45) is 11.0 Å². The topological polar surface area (TPSA) is 72.3 Å². The van der Waals surface area contributed by atoms with Crippen molar-refractivity contribution in [2.45, 2.75) is 20.8 Å². The summed E-state index contributed by atoms with van der Waals surface area (Å²) in [6, 6.07) is 7.49. The predicted molar refractivity (Wildman–Crippen MR) is 88.2 cm³/mol. The Morgan fingerprint density at radius 3 is 3.00 bits per heavy atom. The summed E-state index contributed by atoms with van der Waals surface area (Å²) in [5.41, 5.74) is 0.781. The first-order chi connectivity index (χ1) is 10.5. The molecule has 0 aliphatic rings. The summed E-state index contributed by atoms with van der Waals surface area (Å²) in [5, 5.41) is 10.5. The van der Waals surface area contributed by atoms with Crippen molar-refractivity contribution in [2.75, 3.05) is 6.61 Å². The van der Waals surface area contributed by atoms with E-state index in [-0.39, 0.29) is 10.3 Å². The summed E-state index contributed by atoms with van der Waals surface area (Å²) in [6.45, 7) is 6.42. The number of hydrogen-bond donors (Lipinski definition) is 1. The SMILES string of the molecule is Cc1n[nH]c(=S)n(/N=C\c2cccc(OCC(C)C)c2)c1=O. The number of rotatable bonds is 5. The van der Waals surface area contributed by atoms with E-state index in [9.17, 15) is 4.79 Å². The third kappa shape index (κ3) is 4.11. The maximum atomic E-state index is 11.9. The van der Waals surface area contributed by atoms with Crippen LogP contribution in [-0.4, -0.2) is 27.7 Å². The second kappa shape index (κ2) is 7.13. The standard InChI is InChI=1S/C15H18N4O2S/c1-10(2)9-21-13-6-4-5-12(7-13)8-16-19-14(20)11(3)17-18-15(19)22/h4-8,10H,9H2,1-3H3,(H,18,22)/b16-8-. The van der Waals surface area contributed by atoms with Crippen LogP contribution in [0.5, 0.6) is 5.75 Å². The van der Waals surface area contributed by atoms with Gasteiger partial charge in [0.15, 0.2) is 0 Å². The van der Waals surface area contributed by atoms with E-state index in [4.69, 9.17) is 17.0 Å². The molecular weight excluding hydrogens is 300 g/mol. The molecule has 116 valence electrons. The molecule has 0 aliphatic carbocycles. The van der Waals surface area contributed by atoms with Gasteiger partial charge in [0, 0.05) is 0 Å². The van der Waals surface area contributed by atoms with Crippen LogP contribution in [0.1, 0.15) is 25.1 Å². The fourth-order valence-corrected chi connectivity index (χ4v) is 1.82. The van der Waals surface area contributed by atoms with Gasteiger partial charge in [-0.3, -0.25) is 9.89 Å². The van der Waals surface area contributed by atoms with Gasteiger partial charge in [0.1, 0.15) is 11.4 Å². The molecule has 0 saturated heterocycles. The average Bonchev–Trinajstić information content (AvgIpc) is 2.49. The van der Waals surface area contributed by atoms with E-state index in [0.717, 1.165) is 16.0 Å². The van der Waals surface area contributed by atoms with Gasteiger partial charge >= 0.3 is 0 Å². The van der Waals surface area contributed by atoms with Crippen LogP contribution in [0.4, 0.5) is 0 Å². The third-order valence-corrected chi connectivity index (χ3v) is 3.04. The lowest BCUT2D eigenvalue weighted by Crippen LogP contribution is -2.22. The molecule has 0 spiro atoms. The van der Waals surface area contributed by atoms with E-state index in [1.807, 2.05) is 24.3 Å². The lowest BCUT2D eigenvalue weighted by molar-refractivity contribution is 0.271. The maximum Gasteiger partial charge on any atom is 0.296 e. The van der Waals surface area contributed by atoms with Crippen LogP contribution in [0.2, 0.25) is 0 Å². The smallest absolute Gasteiger partial charge is 0.296 e. The first kappa shape index (κ1) is 16.1. The van der Waals surface area contributed by atoms with Crippen LogP contribution in [0.3, 0.4) is 0 Å². The van der Waals surface area contributed by atoms with Crippen molar-refractivity contribution in [3.8, 4) is 5.75 Å². The molecule has 1 heterocycles. The normalized spacial score (nSPS) is 11.3. The second-order valence-electron chi connectivity index (χ2n) is 5.25. The minimum Gasteiger partial charge on any atom is -0.493 e. The molecule has 0 radical (unpaired) electrons. The summed E-state index contributed by atoms with van der Waals surface area (Å²) in [7, 11) is 0. The molecule has 2 rings (SSSR count). The minimum atomic E-state index is -0.341. The van der Waals surface area contributed by atoms with Crippen LogP contribution >= 0.6 is 12.2 Å². The third-order valence-electron chi connectivity index (χ3n) is 2.78. The van der Waals surface area contributed by atoms with Gasteiger partial charge in [0.25, 0.3) is 5.56 Å². The number of hydrogen-bond acceptors (Lipinski definition) is 5. The molecule has 0 saturated carbocycles. The minimum absolute atomic E-state index is 0.152. The van der Waals surface area contributed by atoms with Gasteiger partial charge in [-0.25, -0.2) is 0 Å². The Bertz CT molecular complexity index is 793. The molecule has 0 bridgehead atoms. The van der Waals surface area contributed by atoms with Crippen LogP contribution in [0, 0.1) is 17.6 Å². The Hall–Kier alpha value is -2.28. The Morgan fingerprint density at radius 1 is 1.50 bits per heavy atom. The number of H-pyrrole nitrogens is 1. The van der Waals surface area contributed by atoms with Gasteiger partial charge in [0.2, 0.25) is 4.77 Å². The fraction of sp³-hybridized carbons (Fsp3) is 0.333. The van der Waals surface area contributed by atoms with E-state index < -0.39 is 0 Å². The zero-order valence-corrected chi connectivity index (χ0v) is 13.6. The highest BCUT2D eigenvalue weighted by Crippen LogP contribution is 2.13. The fourth-order valence-electron chi connectivity index (χ4n) is 1.65. The van der Waals surface area contributed by atoms with Crippen LogP contribution in [0.15, 0.2) is 34.2 Å². The van der Waals surface area contributed by atoms with Crippen LogP contribution < -0.4 is 10.3 Å². The zero-order chi connectivity index (χ0) is 16.1. The van der Waals surface area contributed by atoms with Gasteiger partial charge in [-0.15, -0.1) is 0 Å². The second-order valence-corrected chi connectivity index (χ2v) is 5.64. The monoisotopic (exact) mass is 318 g/mol. The van der Waals surface area contributed by atoms with E-state index in [0.29, 0.717) is 18.2 Å². The number of aromatic nitrogens is 3. The zero-order valence-electron chi connectivity index (χ0n) is 12.7. The van der Waals surface area contributed by atoms with Crippen molar-refractivity contribution >= 4 is 18.4 Å². The number of benzene rings is 1. The molecule has 2 aromatic rings. The van der Waals surface area contributed by atoms with Gasteiger partial charge in [-0.2, -0.15) is 14.9 Å². The number of ether oxygens (including phenoxy) is 1. The van der Waals surface area contributed by atoms with E-state index in [1.54, 1.807) is 13.1 Å². The molecule has 0 aliphatic heterocycles. The number of aryl methyl sites for hydroxylation is 1. The predicted octanol–water partition coefficient (Wildman–Crippen LogP) is 2.53. The molecular formula is C15H18N4O2S. The van der Waals surface area contributed by atoms with Crippen LogP contribution in [0.25, 0.3) is 0 Å². The first-order valence-corrected chi connectivity index (χ1v) is 7.33. The molecule has 1 aromatic carbocycles. The number of aromatic amines is 1. The highest BCUT2D eigenvalue weighted by Gasteiger charge is 2.01. The lowest BCUT2D eigenvalue weighted by atomic mass is 10.2. The summed E-state index contributed by atoms with van der Waals surface area (Å²) < 4.78 is 6.92. The average molecular weight is 318 g/mol. The highest BCUT2D eigenvalue weighted by molar-refractivity contribution is 7.71. The molecule has 6 nitrogen and oxygen atoms in total. The molecule has 1 N–H and O–H groups in total. The molecule has 0 fully saturated rings. The summed E-state index contributed by atoms with van der Waals surface area (Å²) in [4.78, 5) is 11.9. The van der Waals surface area contributed by atoms with Crippen molar-refractivity contribution in [3.05, 3.63) is 50.6 Å². The van der Waals surface area contributed by atoms with E-state index in [2.05, 4.69) is 29.1 Å². The van der Waals surface area contributed by atoms with Gasteiger partial charge in [-0.1, -0.05) is 26.0 Å². The molecule has 0 unspecified atom stereocenters. The number of nitrogens with zero attached hydrogens (tertiary/aromatic N) is 3. The number of nitrogens with one attached hydrogen (secondary N) is 1. The van der Waals surface area contributed by atoms with Crippen molar-refractivity contribution < 1.29 is 4.74 Å². The summed E-state index contributed by atoms with van der Waals surface area (Å²) in [5.74, 6) is 1.22. The first-order valence-electron chi connectivity index (χ1n) is 6.93. The van der Waals surface area contributed by atoms with Gasteiger partial charge in [0.05, 0.1) is 12.8 Å². The Labute approximate surface area is 133 Å². The highest BCUT2D eigenvalue weighted by atomic mass is 32.1. The molecule has 22 heavy (non-hydrogen) atoms. The van der Waals surface area contributed by atoms with Crippen molar-refractivity contribution in [3.63, 3.8) is 0 Å². The van der Waals surface area contributed by atoms with E-state index >= 15 is 0 Å². The van der Waals surface area contributed by atoms with E-state index in [1.165, 1.54) is 0 Å². The summed E-state index contributed by atoms with van der Waals surface area (Å²) in [6.07, 6.45) is 1.56.